The number of carbonyl (C=O) groups is 1. The lowest BCUT2D eigenvalue weighted by Crippen LogP contribution is -2.05. The van der Waals surface area contributed by atoms with E-state index in [9.17, 15) is 4.79 Å². The lowest BCUT2D eigenvalue weighted by Gasteiger charge is -2.02. The molecule has 0 spiro atoms. The number of esters is 1. The van der Waals surface area contributed by atoms with Crippen molar-refractivity contribution in [1.29, 1.82) is 0 Å². The van der Waals surface area contributed by atoms with E-state index < -0.39 is 19.7 Å². The van der Waals surface area contributed by atoms with Crippen LogP contribution >= 0.6 is 0 Å². The van der Waals surface area contributed by atoms with E-state index >= 15 is 0 Å². The summed E-state index contributed by atoms with van der Waals surface area (Å²) >= 11 is 0. The zero-order valence-corrected chi connectivity index (χ0v) is 7.27. The third-order valence-corrected chi connectivity index (χ3v) is 1.39. The van der Waals surface area contributed by atoms with Gasteiger partial charge in [0.1, 0.15) is 0 Å². The molecule has 0 bridgehead atoms. The molecule has 0 unspecified atom stereocenters. The van der Waals surface area contributed by atoms with Gasteiger partial charge in [0, 0.05) is 14.6 Å². The van der Waals surface area contributed by atoms with E-state index in [0.29, 0.717) is 19.3 Å². The van der Waals surface area contributed by atoms with Crippen LogP contribution in [0.15, 0.2) is 0 Å². The summed E-state index contributed by atoms with van der Waals surface area (Å²) < 4.78 is 46.6. The largest absolute Gasteiger partial charge is 0.466 e. The molecule has 0 aromatic heterocycles. The first-order chi connectivity index (χ1) is 8.10. The van der Waals surface area contributed by atoms with Gasteiger partial charge in [-0.3, -0.25) is 4.79 Å². The van der Waals surface area contributed by atoms with Crippen molar-refractivity contribution in [3.8, 4) is 0 Å². The highest BCUT2D eigenvalue weighted by atomic mass is 16.5. The Balaban J connectivity index is 3.44. The molecule has 0 aliphatic rings. The van der Waals surface area contributed by atoms with Gasteiger partial charge in [0.15, 0.2) is 0 Å². The van der Waals surface area contributed by atoms with Gasteiger partial charge < -0.3 is 4.74 Å². The summed E-state index contributed by atoms with van der Waals surface area (Å²) in [4.78, 5) is 11.2. The Morgan fingerprint density at radius 3 is 2.75 bits per heavy atom. The second-order valence-electron chi connectivity index (χ2n) is 2.53. The molecule has 0 amide bonds. The van der Waals surface area contributed by atoms with Crippen molar-refractivity contribution in [3.05, 3.63) is 0 Å². The van der Waals surface area contributed by atoms with Gasteiger partial charge >= 0.3 is 5.97 Å². The molecular formula is C10H20O2. The van der Waals surface area contributed by atoms with Crippen molar-refractivity contribution in [2.24, 2.45) is 0 Å². The molecule has 0 atom stereocenters. The van der Waals surface area contributed by atoms with Crippen LogP contribution in [0, 0.1) is 0 Å². The highest BCUT2D eigenvalue weighted by Crippen LogP contribution is 2.00. The van der Waals surface area contributed by atoms with Crippen LogP contribution in [0.5, 0.6) is 0 Å². The van der Waals surface area contributed by atoms with E-state index in [1.165, 1.54) is 0 Å². The number of ether oxygens (including phenoxy) is 1. The van der Waals surface area contributed by atoms with Crippen molar-refractivity contribution in [1.82, 2.24) is 0 Å². The summed E-state index contributed by atoms with van der Waals surface area (Å²) in [7, 11) is 0. The van der Waals surface area contributed by atoms with E-state index in [1.54, 1.807) is 0 Å². The molecule has 0 N–H and O–H groups in total. The number of unbranched alkanes of at least 4 members (excludes halogenated alkanes) is 1. The quantitative estimate of drug-likeness (QED) is 0.442. The fourth-order valence-electron chi connectivity index (χ4n) is 0.725. The Bertz CT molecular complexity index is 222. The minimum atomic E-state index is -1.98. The zero-order valence-electron chi connectivity index (χ0n) is 13.3. The van der Waals surface area contributed by atoms with Gasteiger partial charge in [0.05, 0.1) is 6.61 Å². The normalized spacial score (nSPS) is 19.3. The Morgan fingerprint density at radius 1 is 1.25 bits per heavy atom. The Labute approximate surface area is 83.7 Å². The van der Waals surface area contributed by atoms with E-state index in [0.717, 1.165) is 0 Å². The number of hydrogen-bond donors (Lipinski definition) is 0. The number of rotatable bonds is 7. The topological polar surface area (TPSA) is 26.3 Å². The maximum Gasteiger partial charge on any atom is 0.305 e. The molecule has 0 radical (unpaired) electrons. The summed E-state index contributed by atoms with van der Waals surface area (Å²) in [5, 5.41) is 0. The van der Waals surface area contributed by atoms with Crippen molar-refractivity contribution in [2.75, 3.05) is 6.61 Å². The molecule has 0 fully saturated rings. The molecule has 0 saturated carbocycles. The van der Waals surface area contributed by atoms with Crippen LogP contribution in [-0.2, 0) is 9.53 Å². The summed E-state index contributed by atoms with van der Waals surface area (Å²) in [5.74, 6) is -0.397. The monoisotopic (exact) mass is 178 g/mol. The van der Waals surface area contributed by atoms with Gasteiger partial charge in [0.25, 0.3) is 0 Å². The minimum absolute atomic E-state index is 0.0271. The highest BCUT2D eigenvalue weighted by molar-refractivity contribution is 5.69. The van der Waals surface area contributed by atoms with Crippen LogP contribution < -0.4 is 0 Å². The van der Waals surface area contributed by atoms with Gasteiger partial charge in [-0.1, -0.05) is 33.0 Å². The van der Waals surface area contributed by atoms with Gasteiger partial charge in [-0.2, -0.15) is 0 Å². The van der Waals surface area contributed by atoms with Crippen LogP contribution in [0.2, 0.25) is 0 Å². The maximum atomic E-state index is 11.2. The molecule has 0 rings (SSSR count). The molecular weight excluding hydrogens is 152 g/mol. The SMILES string of the molecule is [2H]C([2H])([2H])CCCCC(=O)OCCCC([2H])([2H])[2H]. The van der Waals surface area contributed by atoms with Crippen LogP contribution in [0.4, 0.5) is 0 Å². The van der Waals surface area contributed by atoms with E-state index in [1.807, 2.05) is 0 Å². The van der Waals surface area contributed by atoms with Crippen molar-refractivity contribution >= 4 is 5.97 Å². The summed E-state index contributed by atoms with van der Waals surface area (Å²) in [6.07, 6.45) is 1.57. The molecule has 0 aromatic carbocycles. The predicted molar refractivity (Wildman–Crippen MR) is 50.0 cm³/mol. The molecule has 0 aromatic rings. The van der Waals surface area contributed by atoms with Gasteiger partial charge in [0.2, 0.25) is 0 Å². The Kier molecular flexibility index (Phi) is 3.31. The second kappa shape index (κ2) is 8.57. The molecule has 0 aliphatic heterocycles. The van der Waals surface area contributed by atoms with Crippen molar-refractivity contribution < 1.29 is 17.8 Å². The molecule has 0 saturated heterocycles. The lowest BCUT2D eigenvalue weighted by molar-refractivity contribution is -0.143. The molecule has 0 aliphatic carbocycles. The van der Waals surface area contributed by atoms with Crippen molar-refractivity contribution in [2.45, 2.75) is 52.2 Å². The lowest BCUT2D eigenvalue weighted by atomic mass is 10.2. The van der Waals surface area contributed by atoms with Crippen molar-refractivity contribution in [3.63, 3.8) is 0 Å². The average molecular weight is 178 g/mol. The molecule has 2 heteroatoms. The number of hydrogen-bond acceptors (Lipinski definition) is 2. The van der Waals surface area contributed by atoms with Crippen LogP contribution in [0.3, 0.4) is 0 Å². The number of carbonyl (C=O) groups excluding carboxylic acids is 1. The molecule has 0 heterocycles. The third kappa shape index (κ3) is 7.58. The van der Waals surface area contributed by atoms with E-state index in [4.69, 9.17) is 13.0 Å². The second-order valence-corrected chi connectivity index (χ2v) is 2.53. The van der Waals surface area contributed by atoms with Crippen LogP contribution in [0.1, 0.15) is 60.5 Å². The highest BCUT2D eigenvalue weighted by Gasteiger charge is 2.00. The molecule has 72 valence electrons. The minimum Gasteiger partial charge on any atom is -0.466 e. The first kappa shape index (κ1) is 4.64. The van der Waals surface area contributed by atoms with Gasteiger partial charge in [-0.05, 0) is 12.8 Å². The Hall–Kier alpha value is -0.530. The average Bonchev–Trinajstić information content (AvgIpc) is 2.17. The fourth-order valence-corrected chi connectivity index (χ4v) is 0.725. The summed E-state index contributed by atoms with van der Waals surface area (Å²) in [6, 6.07) is 0. The Morgan fingerprint density at radius 2 is 2.00 bits per heavy atom. The van der Waals surface area contributed by atoms with Crippen LogP contribution in [-0.4, -0.2) is 12.6 Å². The molecule has 2 nitrogen and oxygen atoms in total. The van der Waals surface area contributed by atoms with Gasteiger partial charge in [-0.15, -0.1) is 0 Å². The molecule has 12 heavy (non-hydrogen) atoms. The first-order valence-corrected chi connectivity index (χ1v) is 4.26. The third-order valence-electron chi connectivity index (χ3n) is 1.39. The van der Waals surface area contributed by atoms with E-state index in [2.05, 4.69) is 0 Å². The van der Waals surface area contributed by atoms with E-state index in [-0.39, 0.29) is 25.9 Å². The van der Waals surface area contributed by atoms with Gasteiger partial charge in [-0.25, -0.2) is 0 Å². The standard InChI is InChI=1S/C10H20O2/c1-3-5-7-8-10(11)12-9-6-4-2/h3-9H2,1-2H3/i1D3,2D3. The maximum absolute atomic E-state index is 11.2. The first-order valence-electron chi connectivity index (χ1n) is 7.26. The zero-order chi connectivity index (χ0) is 14.2. The van der Waals surface area contributed by atoms with Crippen LogP contribution in [0.25, 0.3) is 0 Å². The fraction of sp³-hybridized carbons (Fsp3) is 0.900. The summed E-state index contributed by atoms with van der Waals surface area (Å²) in [5.41, 5.74) is 0. The smallest absolute Gasteiger partial charge is 0.305 e. The predicted octanol–water partition coefficient (Wildman–Crippen LogP) is 2.91. The summed E-state index contributed by atoms with van der Waals surface area (Å²) in [6.45, 7) is -3.81.